The minimum atomic E-state index is -0.281. The molecule has 130 valence electrons. The molecule has 2 aromatic rings. The molecule has 2 heterocycles. The molecular weight excluding hydrogens is 380 g/mol. The lowest BCUT2D eigenvalue weighted by Gasteiger charge is -2.42. The van der Waals surface area contributed by atoms with Crippen LogP contribution in [-0.2, 0) is 19.4 Å². The Kier molecular flexibility index (Phi) is 4.61. The van der Waals surface area contributed by atoms with Gasteiger partial charge >= 0.3 is 0 Å². The molecule has 25 heavy (non-hydrogen) atoms. The highest BCUT2D eigenvalue weighted by Gasteiger charge is 2.32. The fourth-order valence-corrected chi connectivity index (χ4v) is 4.77. The van der Waals surface area contributed by atoms with E-state index in [2.05, 4.69) is 45.1 Å². The summed E-state index contributed by atoms with van der Waals surface area (Å²) >= 11 is 3.56. The van der Waals surface area contributed by atoms with Gasteiger partial charge in [0.25, 0.3) is 5.69 Å². The van der Waals surface area contributed by atoms with Gasteiger partial charge in [-0.2, -0.15) is 0 Å². The molecule has 2 atom stereocenters. The average molecular weight is 401 g/mol. The van der Waals surface area contributed by atoms with Crippen LogP contribution >= 0.6 is 15.9 Å². The molecule has 5 heteroatoms. The molecule has 0 N–H and O–H groups in total. The molecule has 2 unspecified atom stereocenters. The summed E-state index contributed by atoms with van der Waals surface area (Å²) in [4.78, 5) is 13.4. The number of rotatable bonds is 3. The highest BCUT2D eigenvalue weighted by Crippen LogP contribution is 2.34. The van der Waals surface area contributed by atoms with Crippen molar-refractivity contribution in [2.45, 2.75) is 38.3 Å². The highest BCUT2D eigenvalue weighted by atomic mass is 79.9. The number of benzene rings is 2. The Labute approximate surface area is 156 Å². The Morgan fingerprint density at radius 3 is 2.80 bits per heavy atom. The van der Waals surface area contributed by atoms with E-state index in [1.54, 1.807) is 12.1 Å². The minimum absolute atomic E-state index is 0.216. The Hall–Kier alpha value is -1.72. The first-order valence-electron chi connectivity index (χ1n) is 8.83. The monoisotopic (exact) mass is 400 g/mol. The van der Waals surface area contributed by atoms with E-state index in [4.69, 9.17) is 0 Å². The maximum atomic E-state index is 11.1. The van der Waals surface area contributed by atoms with E-state index >= 15 is 0 Å². The molecule has 3 aliphatic rings. The molecule has 1 aliphatic carbocycles. The molecule has 0 radical (unpaired) electrons. The predicted molar refractivity (Wildman–Crippen MR) is 102 cm³/mol. The smallest absolute Gasteiger partial charge is 0.269 e. The largest absolute Gasteiger partial charge is 0.296 e. The Morgan fingerprint density at radius 1 is 1.12 bits per heavy atom. The summed E-state index contributed by atoms with van der Waals surface area (Å²) in [6.45, 7) is 2.07. The number of non-ortho nitro benzene ring substituents is 1. The minimum Gasteiger partial charge on any atom is -0.296 e. The lowest BCUT2D eigenvalue weighted by atomic mass is 9.80. The van der Waals surface area contributed by atoms with Gasteiger partial charge in [0.1, 0.15) is 0 Å². The first kappa shape index (κ1) is 16.7. The van der Waals surface area contributed by atoms with Gasteiger partial charge in [-0.25, -0.2) is 0 Å². The topological polar surface area (TPSA) is 46.4 Å². The standard InChI is InChI=1S/C20H21BrN2O2/c21-18-3-1-2-14(9-18)12-22-13-15-4-6-19(22)10-17-11-20(23(24)25)7-5-16(17)8-15/h1-3,5,7,9,11,15,19H,4,6,8,10,12-13H2. The summed E-state index contributed by atoms with van der Waals surface area (Å²) < 4.78 is 1.11. The number of nitro groups is 1. The number of nitro benzene ring substituents is 1. The quantitative estimate of drug-likeness (QED) is 0.552. The van der Waals surface area contributed by atoms with Crippen molar-refractivity contribution >= 4 is 21.6 Å². The fourth-order valence-electron chi connectivity index (χ4n) is 4.32. The lowest BCUT2D eigenvalue weighted by Crippen LogP contribution is -2.46. The molecule has 2 aromatic carbocycles. The van der Waals surface area contributed by atoms with Crippen LogP contribution in [0.2, 0.25) is 0 Å². The van der Waals surface area contributed by atoms with E-state index in [0.717, 1.165) is 30.4 Å². The van der Waals surface area contributed by atoms with Crippen LogP contribution in [0.4, 0.5) is 5.69 Å². The maximum Gasteiger partial charge on any atom is 0.269 e. The van der Waals surface area contributed by atoms with Crippen molar-refractivity contribution in [3.8, 4) is 0 Å². The van der Waals surface area contributed by atoms with Crippen LogP contribution in [0.3, 0.4) is 0 Å². The van der Waals surface area contributed by atoms with Gasteiger partial charge < -0.3 is 0 Å². The zero-order valence-electron chi connectivity index (χ0n) is 14.0. The van der Waals surface area contributed by atoms with Gasteiger partial charge in [0.05, 0.1) is 4.92 Å². The van der Waals surface area contributed by atoms with Gasteiger partial charge in [0.2, 0.25) is 0 Å². The molecule has 1 saturated heterocycles. The summed E-state index contributed by atoms with van der Waals surface area (Å²) in [7, 11) is 0. The van der Waals surface area contributed by atoms with Crippen LogP contribution < -0.4 is 0 Å². The number of nitrogens with zero attached hydrogens (tertiary/aromatic N) is 2. The molecule has 1 fully saturated rings. The zero-order valence-corrected chi connectivity index (χ0v) is 15.6. The molecule has 2 bridgehead atoms. The fraction of sp³-hybridized carbons (Fsp3) is 0.400. The molecule has 0 saturated carbocycles. The summed E-state index contributed by atoms with van der Waals surface area (Å²) in [5, 5.41) is 11.1. The molecule has 5 rings (SSSR count). The second-order valence-electron chi connectivity index (χ2n) is 7.27. The van der Waals surface area contributed by atoms with Gasteiger partial charge in [0, 0.05) is 35.7 Å². The van der Waals surface area contributed by atoms with Crippen molar-refractivity contribution in [3.05, 3.63) is 73.7 Å². The predicted octanol–water partition coefficient (Wildman–Crippen LogP) is 4.74. The van der Waals surface area contributed by atoms with E-state index in [9.17, 15) is 10.1 Å². The maximum absolute atomic E-state index is 11.1. The van der Waals surface area contributed by atoms with Crippen molar-refractivity contribution in [1.82, 2.24) is 4.90 Å². The van der Waals surface area contributed by atoms with Gasteiger partial charge in [-0.3, -0.25) is 15.0 Å². The van der Waals surface area contributed by atoms with Crippen molar-refractivity contribution in [2.24, 2.45) is 5.92 Å². The molecule has 2 aliphatic heterocycles. The number of halogens is 1. The second kappa shape index (κ2) is 6.89. The lowest BCUT2D eigenvalue weighted by molar-refractivity contribution is -0.384. The number of piperidine rings is 1. The van der Waals surface area contributed by atoms with Crippen molar-refractivity contribution in [3.63, 3.8) is 0 Å². The van der Waals surface area contributed by atoms with E-state index in [0.29, 0.717) is 12.0 Å². The van der Waals surface area contributed by atoms with E-state index < -0.39 is 0 Å². The van der Waals surface area contributed by atoms with Gasteiger partial charge in [-0.05, 0) is 60.4 Å². The Bertz CT molecular complexity index is 808. The average Bonchev–Trinajstić information content (AvgIpc) is 2.55. The zero-order chi connectivity index (χ0) is 17.4. The number of fused-ring (bicyclic) bond motifs is 2. The molecule has 4 nitrogen and oxygen atoms in total. The van der Waals surface area contributed by atoms with Crippen LogP contribution in [0.1, 0.15) is 29.5 Å². The van der Waals surface area contributed by atoms with Crippen LogP contribution in [0.5, 0.6) is 0 Å². The first-order chi connectivity index (χ1) is 12.1. The van der Waals surface area contributed by atoms with E-state index in [-0.39, 0.29) is 10.6 Å². The number of hydrogen-bond acceptors (Lipinski definition) is 3. The second-order valence-corrected chi connectivity index (χ2v) is 8.19. The third kappa shape index (κ3) is 3.62. The van der Waals surface area contributed by atoms with Crippen LogP contribution in [-0.4, -0.2) is 22.4 Å². The first-order valence-corrected chi connectivity index (χ1v) is 9.62. The Morgan fingerprint density at radius 2 is 2.00 bits per heavy atom. The third-order valence-corrected chi connectivity index (χ3v) is 6.05. The number of hydrogen-bond donors (Lipinski definition) is 0. The van der Waals surface area contributed by atoms with Gasteiger partial charge in [-0.1, -0.05) is 34.1 Å². The van der Waals surface area contributed by atoms with Crippen molar-refractivity contribution in [2.75, 3.05) is 6.54 Å². The highest BCUT2D eigenvalue weighted by molar-refractivity contribution is 9.10. The van der Waals surface area contributed by atoms with Gasteiger partial charge in [0.15, 0.2) is 0 Å². The third-order valence-electron chi connectivity index (χ3n) is 5.56. The van der Waals surface area contributed by atoms with Crippen molar-refractivity contribution < 1.29 is 4.92 Å². The normalized spacial score (nSPS) is 22.9. The molecular formula is C20H21BrN2O2. The summed E-state index contributed by atoms with van der Waals surface area (Å²) in [5.74, 6) is 0.643. The summed E-state index contributed by atoms with van der Waals surface area (Å²) in [6, 6.07) is 14.4. The van der Waals surface area contributed by atoms with Crippen LogP contribution in [0.25, 0.3) is 0 Å². The molecule has 0 spiro atoms. The molecule has 0 aromatic heterocycles. The SMILES string of the molecule is O=[N+]([O-])c1ccc2c(c1)CC1CCC(C2)CN1Cc1cccc(Br)c1. The Balaban J connectivity index is 1.60. The van der Waals surface area contributed by atoms with Crippen LogP contribution in [0.15, 0.2) is 46.9 Å². The van der Waals surface area contributed by atoms with Crippen LogP contribution in [0, 0.1) is 16.0 Å². The van der Waals surface area contributed by atoms with E-state index in [1.807, 2.05) is 6.07 Å². The van der Waals surface area contributed by atoms with Gasteiger partial charge in [-0.15, -0.1) is 0 Å². The summed E-state index contributed by atoms with van der Waals surface area (Å²) in [5.41, 5.74) is 4.01. The summed E-state index contributed by atoms with van der Waals surface area (Å²) in [6.07, 6.45) is 4.39. The van der Waals surface area contributed by atoms with Crippen molar-refractivity contribution in [1.29, 1.82) is 0 Å². The van der Waals surface area contributed by atoms with E-state index in [1.165, 1.54) is 29.5 Å². The molecule has 0 amide bonds.